The molecular formula is C12H19NO. The molecule has 0 amide bonds. The first-order valence-electron chi connectivity index (χ1n) is 5.40. The molecule has 0 aliphatic heterocycles. The van der Waals surface area contributed by atoms with Crippen molar-refractivity contribution < 1.29 is 4.79 Å². The van der Waals surface area contributed by atoms with Crippen molar-refractivity contribution in [2.75, 3.05) is 0 Å². The van der Waals surface area contributed by atoms with E-state index in [9.17, 15) is 4.79 Å². The van der Waals surface area contributed by atoms with Gasteiger partial charge in [-0.3, -0.25) is 4.79 Å². The molecule has 0 aromatic heterocycles. The van der Waals surface area contributed by atoms with Crippen LogP contribution in [0.15, 0.2) is 0 Å². The summed E-state index contributed by atoms with van der Waals surface area (Å²) >= 11 is 0. The van der Waals surface area contributed by atoms with Gasteiger partial charge in [-0.1, -0.05) is 19.3 Å². The third-order valence-electron chi connectivity index (χ3n) is 2.95. The fraction of sp³-hybridized carbons (Fsp3) is 0.750. The molecule has 2 nitrogen and oxygen atoms in total. The van der Waals surface area contributed by atoms with E-state index in [0.29, 0.717) is 19.3 Å². The van der Waals surface area contributed by atoms with Crippen LogP contribution in [0.4, 0.5) is 0 Å². The molecular weight excluding hydrogens is 174 g/mol. The van der Waals surface area contributed by atoms with Crippen LogP contribution in [-0.4, -0.2) is 11.3 Å². The van der Waals surface area contributed by atoms with Crippen molar-refractivity contribution in [3.05, 3.63) is 0 Å². The molecule has 0 aromatic carbocycles. The minimum atomic E-state index is -0.218. The summed E-state index contributed by atoms with van der Waals surface area (Å²) in [6.07, 6.45) is 12.3. The van der Waals surface area contributed by atoms with Gasteiger partial charge in [-0.05, 0) is 12.8 Å². The Morgan fingerprint density at radius 2 is 2.00 bits per heavy atom. The van der Waals surface area contributed by atoms with Crippen molar-refractivity contribution in [1.82, 2.24) is 0 Å². The van der Waals surface area contributed by atoms with E-state index in [-0.39, 0.29) is 11.3 Å². The zero-order chi connectivity index (χ0) is 10.4. The fourth-order valence-electron chi connectivity index (χ4n) is 2.13. The highest BCUT2D eigenvalue weighted by Crippen LogP contribution is 2.29. The Morgan fingerprint density at radius 1 is 1.36 bits per heavy atom. The molecule has 2 heteroatoms. The molecule has 0 aromatic rings. The Labute approximate surface area is 86.2 Å². The molecule has 2 N–H and O–H groups in total. The predicted molar refractivity (Wildman–Crippen MR) is 57.7 cm³/mol. The lowest BCUT2D eigenvalue weighted by Gasteiger charge is -2.32. The van der Waals surface area contributed by atoms with Gasteiger partial charge in [0, 0.05) is 24.8 Å². The minimum Gasteiger partial charge on any atom is -0.325 e. The Balaban J connectivity index is 2.34. The van der Waals surface area contributed by atoms with E-state index in [1.165, 1.54) is 19.3 Å². The fourth-order valence-corrected chi connectivity index (χ4v) is 2.13. The van der Waals surface area contributed by atoms with Crippen LogP contribution in [0.1, 0.15) is 51.4 Å². The van der Waals surface area contributed by atoms with E-state index < -0.39 is 0 Å². The van der Waals surface area contributed by atoms with E-state index in [4.69, 9.17) is 12.2 Å². The molecule has 14 heavy (non-hydrogen) atoms. The summed E-state index contributed by atoms with van der Waals surface area (Å²) in [6.45, 7) is 0. The Hall–Kier alpha value is -0.810. The molecule has 0 bridgehead atoms. The molecule has 0 atom stereocenters. The molecule has 0 radical (unpaired) electrons. The number of carbonyl (C=O) groups excluding carboxylic acids is 1. The van der Waals surface area contributed by atoms with E-state index >= 15 is 0 Å². The number of ketones is 1. The smallest absolute Gasteiger partial charge is 0.135 e. The van der Waals surface area contributed by atoms with E-state index in [1.807, 2.05) is 0 Å². The molecule has 0 unspecified atom stereocenters. The summed E-state index contributed by atoms with van der Waals surface area (Å²) in [4.78, 5) is 11.5. The second kappa shape index (κ2) is 5.17. The summed E-state index contributed by atoms with van der Waals surface area (Å²) < 4.78 is 0. The lowest BCUT2D eigenvalue weighted by Crippen LogP contribution is -2.43. The second-order valence-corrected chi connectivity index (χ2v) is 4.34. The monoisotopic (exact) mass is 193 g/mol. The first-order chi connectivity index (χ1) is 6.66. The maximum absolute atomic E-state index is 11.5. The van der Waals surface area contributed by atoms with Gasteiger partial charge in [0.2, 0.25) is 0 Å². The predicted octanol–water partition coefficient (Wildman–Crippen LogP) is 2.02. The van der Waals surface area contributed by atoms with Gasteiger partial charge >= 0.3 is 0 Å². The average molecular weight is 193 g/mol. The number of carbonyl (C=O) groups is 1. The van der Waals surface area contributed by atoms with Crippen LogP contribution in [0.3, 0.4) is 0 Å². The molecule has 0 saturated heterocycles. The largest absolute Gasteiger partial charge is 0.325 e. The summed E-state index contributed by atoms with van der Waals surface area (Å²) in [7, 11) is 0. The van der Waals surface area contributed by atoms with E-state index in [1.54, 1.807) is 0 Å². The summed E-state index contributed by atoms with van der Waals surface area (Å²) in [6, 6.07) is 0. The highest BCUT2D eigenvalue weighted by Gasteiger charge is 2.29. The minimum absolute atomic E-state index is 0.218. The third-order valence-corrected chi connectivity index (χ3v) is 2.95. The number of terminal acetylenes is 1. The van der Waals surface area contributed by atoms with Crippen molar-refractivity contribution in [3.8, 4) is 12.3 Å². The third kappa shape index (κ3) is 3.51. The van der Waals surface area contributed by atoms with Crippen LogP contribution in [0.2, 0.25) is 0 Å². The Morgan fingerprint density at radius 3 is 2.57 bits per heavy atom. The van der Waals surface area contributed by atoms with Gasteiger partial charge in [0.25, 0.3) is 0 Å². The standard InChI is InChI=1S/C12H19NO/c1-2-3-7-11(14)10-12(13)8-5-4-6-9-12/h1H,3-10,13H2. The molecule has 1 fully saturated rings. The van der Waals surface area contributed by atoms with Crippen molar-refractivity contribution in [2.24, 2.45) is 5.73 Å². The highest BCUT2D eigenvalue weighted by atomic mass is 16.1. The summed E-state index contributed by atoms with van der Waals surface area (Å²) in [5.74, 6) is 2.72. The van der Waals surface area contributed by atoms with Crippen LogP contribution in [0.25, 0.3) is 0 Å². The number of hydrogen-bond acceptors (Lipinski definition) is 2. The van der Waals surface area contributed by atoms with Crippen molar-refractivity contribution in [2.45, 2.75) is 56.9 Å². The molecule has 0 spiro atoms. The van der Waals surface area contributed by atoms with Crippen LogP contribution in [-0.2, 0) is 4.79 Å². The zero-order valence-electron chi connectivity index (χ0n) is 8.72. The highest BCUT2D eigenvalue weighted by molar-refractivity contribution is 5.79. The van der Waals surface area contributed by atoms with Crippen LogP contribution in [0, 0.1) is 12.3 Å². The van der Waals surface area contributed by atoms with Crippen molar-refractivity contribution in [1.29, 1.82) is 0 Å². The lowest BCUT2D eigenvalue weighted by atomic mass is 9.79. The Kier molecular flexibility index (Phi) is 4.16. The van der Waals surface area contributed by atoms with Gasteiger partial charge in [0.15, 0.2) is 0 Å². The van der Waals surface area contributed by atoms with Crippen LogP contribution >= 0.6 is 0 Å². The first-order valence-corrected chi connectivity index (χ1v) is 5.40. The van der Waals surface area contributed by atoms with Crippen LogP contribution < -0.4 is 5.73 Å². The zero-order valence-corrected chi connectivity index (χ0v) is 8.72. The summed E-state index contributed by atoms with van der Waals surface area (Å²) in [5, 5.41) is 0. The average Bonchev–Trinajstić information content (AvgIpc) is 2.15. The molecule has 0 heterocycles. The topological polar surface area (TPSA) is 43.1 Å². The molecule has 1 aliphatic rings. The normalized spacial score (nSPS) is 20.0. The Bertz CT molecular complexity index is 233. The number of rotatable bonds is 4. The van der Waals surface area contributed by atoms with Gasteiger partial charge in [-0.15, -0.1) is 12.3 Å². The van der Waals surface area contributed by atoms with Gasteiger partial charge in [0.05, 0.1) is 0 Å². The molecule has 78 valence electrons. The molecule has 1 aliphatic carbocycles. The SMILES string of the molecule is C#CCCC(=O)CC1(N)CCCCC1. The maximum atomic E-state index is 11.5. The van der Waals surface area contributed by atoms with Crippen molar-refractivity contribution in [3.63, 3.8) is 0 Å². The quantitative estimate of drug-likeness (QED) is 0.694. The van der Waals surface area contributed by atoms with Gasteiger partial charge in [-0.25, -0.2) is 0 Å². The van der Waals surface area contributed by atoms with Gasteiger partial charge in [0.1, 0.15) is 5.78 Å². The molecule has 1 rings (SSSR count). The van der Waals surface area contributed by atoms with Gasteiger partial charge in [-0.2, -0.15) is 0 Å². The van der Waals surface area contributed by atoms with E-state index in [0.717, 1.165) is 12.8 Å². The van der Waals surface area contributed by atoms with E-state index in [2.05, 4.69) is 5.92 Å². The van der Waals surface area contributed by atoms with Gasteiger partial charge < -0.3 is 5.73 Å². The van der Waals surface area contributed by atoms with Crippen molar-refractivity contribution >= 4 is 5.78 Å². The molecule has 1 saturated carbocycles. The first kappa shape index (κ1) is 11.3. The van der Waals surface area contributed by atoms with Crippen LogP contribution in [0.5, 0.6) is 0 Å². The lowest BCUT2D eigenvalue weighted by molar-refractivity contribution is -0.120. The number of nitrogens with two attached hydrogens (primary N) is 1. The summed E-state index contributed by atoms with van der Waals surface area (Å²) in [5.41, 5.74) is 5.94. The maximum Gasteiger partial charge on any atom is 0.135 e. The number of hydrogen-bond donors (Lipinski definition) is 1. The number of Topliss-reactive ketones (excluding diaryl/α,β-unsaturated/α-hetero) is 1. The second-order valence-electron chi connectivity index (χ2n) is 4.34.